The first-order chi connectivity index (χ1) is 7.88. The van der Waals surface area contributed by atoms with Crippen molar-refractivity contribution < 1.29 is 0 Å². The van der Waals surface area contributed by atoms with Crippen molar-refractivity contribution in [3.05, 3.63) is 28.9 Å². The Bertz CT molecular complexity index is 546. The Labute approximate surface area is 110 Å². The van der Waals surface area contributed by atoms with Crippen molar-refractivity contribution in [2.45, 2.75) is 26.3 Å². The van der Waals surface area contributed by atoms with E-state index in [1.165, 1.54) is 0 Å². The summed E-state index contributed by atoms with van der Waals surface area (Å²) in [7, 11) is 2.01. The SMILES string of the molecule is CN(c1ncc2cc(Br)ccc2n1)C(C)(C)C. The van der Waals surface area contributed by atoms with Crippen LogP contribution in [0.1, 0.15) is 20.8 Å². The number of halogens is 1. The second-order valence-corrected chi connectivity index (χ2v) is 6.02. The van der Waals surface area contributed by atoms with Crippen LogP contribution in [0.25, 0.3) is 10.9 Å². The summed E-state index contributed by atoms with van der Waals surface area (Å²) in [5.41, 5.74) is 0.984. The molecule has 17 heavy (non-hydrogen) atoms. The lowest BCUT2D eigenvalue weighted by molar-refractivity contribution is 0.529. The van der Waals surface area contributed by atoms with Gasteiger partial charge in [-0.3, -0.25) is 0 Å². The van der Waals surface area contributed by atoms with Crippen LogP contribution in [-0.2, 0) is 0 Å². The maximum absolute atomic E-state index is 4.58. The monoisotopic (exact) mass is 293 g/mol. The van der Waals surface area contributed by atoms with Gasteiger partial charge in [0, 0.05) is 28.6 Å². The van der Waals surface area contributed by atoms with E-state index in [0.717, 1.165) is 21.3 Å². The summed E-state index contributed by atoms with van der Waals surface area (Å²) in [4.78, 5) is 11.1. The Morgan fingerprint density at radius 2 is 1.94 bits per heavy atom. The van der Waals surface area contributed by atoms with Crippen LogP contribution in [-0.4, -0.2) is 22.6 Å². The standard InChI is InChI=1S/C13H16BrN3/c1-13(2,3)17(4)12-15-8-9-7-10(14)5-6-11(9)16-12/h5-8H,1-4H3. The van der Waals surface area contributed by atoms with Gasteiger partial charge >= 0.3 is 0 Å². The van der Waals surface area contributed by atoms with Crippen molar-refractivity contribution in [3.8, 4) is 0 Å². The van der Waals surface area contributed by atoms with Crippen LogP contribution in [0.4, 0.5) is 5.95 Å². The largest absolute Gasteiger partial charge is 0.339 e. The molecule has 0 radical (unpaired) electrons. The van der Waals surface area contributed by atoms with Gasteiger partial charge in [0.1, 0.15) is 0 Å². The Hall–Kier alpha value is -1.16. The van der Waals surface area contributed by atoms with Gasteiger partial charge in [0.25, 0.3) is 0 Å². The highest BCUT2D eigenvalue weighted by Gasteiger charge is 2.19. The molecule has 0 aliphatic rings. The molecule has 1 aromatic carbocycles. The van der Waals surface area contributed by atoms with Gasteiger partial charge in [0.15, 0.2) is 0 Å². The number of nitrogens with zero attached hydrogens (tertiary/aromatic N) is 3. The van der Waals surface area contributed by atoms with Crippen molar-refractivity contribution in [1.82, 2.24) is 9.97 Å². The molecule has 0 unspecified atom stereocenters. The quantitative estimate of drug-likeness (QED) is 0.804. The predicted molar refractivity (Wildman–Crippen MR) is 75.4 cm³/mol. The zero-order valence-electron chi connectivity index (χ0n) is 10.5. The smallest absolute Gasteiger partial charge is 0.226 e. The number of hydrogen-bond acceptors (Lipinski definition) is 3. The van der Waals surface area contributed by atoms with E-state index < -0.39 is 0 Å². The summed E-state index contributed by atoms with van der Waals surface area (Å²) in [5.74, 6) is 0.757. The highest BCUT2D eigenvalue weighted by molar-refractivity contribution is 9.10. The minimum absolute atomic E-state index is 0.0169. The van der Waals surface area contributed by atoms with Gasteiger partial charge in [-0.15, -0.1) is 0 Å². The Kier molecular flexibility index (Phi) is 3.08. The zero-order valence-corrected chi connectivity index (χ0v) is 12.1. The van der Waals surface area contributed by atoms with Crippen LogP contribution < -0.4 is 4.90 Å². The molecular weight excluding hydrogens is 278 g/mol. The first kappa shape index (κ1) is 12.3. The lowest BCUT2D eigenvalue weighted by Gasteiger charge is -2.31. The molecule has 0 atom stereocenters. The molecule has 1 aromatic heterocycles. The van der Waals surface area contributed by atoms with E-state index in [2.05, 4.69) is 51.6 Å². The molecular formula is C13H16BrN3. The number of aromatic nitrogens is 2. The fourth-order valence-electron chi connectivity index (χ4n) is 1.46. The van der Waals surface area contributed by atoms with E-state index in [4.69, 9.17) is 0 Å². The van der Waals surface area contributed by atoms with Gasteiger partial charge < -0.3 is 4.90 Å². The molecule has 0 saturated heterocycles. The Balaban J connectivity index is 2.48. The van der Waals surface area contributed by atoms with E-state index in [0.29, 0.717) is 0 Å². The summed E-state index contributed by atoms with van der Waals surface area (Å²) in [5, 5.41) is 1.05. The third kappa shape index (κ3) is 2.57. The number of hydrogen-bond donors (Lipinski definition) is 0. The molecule has 4 heteroatoms. The topological polar surface area (TPSA) is 29.0 Å². The molecule has 0 saturated carbocycles. The molecule has 2 rings (SSSR count). The van der Waals surface area contributed by atoms with Crippen molar-refractivity contribution in [1.29, 1.82) is 0 Å². The molecule has 90 valence electrons. The van der Waals surface area contributed by atoms with Crippen LogP contribution in [0.5, 0.6) is 0 Å². The molecule has 0 aliphatic carbocycles. The number of fused-ring (bicyclic) bond motifs is 1. The van der Waals surface area contributed by atoms with E-state index >= 15 is 0 Å². The molecule has 3 nitrogen and oxygen atoms in total. The highest BCUT2D eigenvalue weighted by atomic mass is 79.9. The second kappa shape index (κ2) is 4.26. The number of rotatable bonds is 1. The third-order valence-corrected chi connectivity index (χ3v) is 3.33. The van der Waals surface area contributed by atoms with E-state index in [-0.39, 0.29) is 5.54 Å². The van der Waals surface area contributed by atoms with Gasteiger partial charge in [0.2, 0.25) is 5.95 Å². The molecule has 0 amide bonds. The Morgan fingerprint density at radius 1 is 1.24 bits per heavy atom. The number of anilines is 1. The average Bonchev–Trinajstić information content (AvgIpc) is 2.26. The van der Waals surface area contributed by atoms with Gasteiger partial charge in [-0.05, 0) is 39.0 Å². The summed E-state index contributed by atoms with van der Waals surface area (Å²) >= 11 is 3.45. The zero-order chi connectivity index (χ0) is 12.6. The number of benzene rings is 1. The lowest BCUT2D eigenvalue weighted by Crippen LogP contribution is -2.39. The van der Waals surface area contributed by atoms with Crippen LogP contribution in [0.15, 0.2) is 28.9 Å². The van der Waals surface area contributed by atoms with E-state index in [1.807, 2.05) is 31.4 Å². The maximum Gasteiger partial charge on any atom is 0.226 e. The normalized spacial score (nSPS) is 11.8. The Morgan fingerprint density at radius 3 is 2.59 bits per heavy atom. The predicted octanol–water partition coefficient (Wildman–Crippen LogP) is 3.63. The molecule has 0 bridgehead atoms. The van der Waals surface area contributed by atoms with Gasteiger partial charge in [-0.1, -0.05) is 15.9 Å². The second-order valence-electron chi connectivity index (χ2n) is 5.10. The minimum Gasteiger partial charge on any atom is -0.339 e. The highest BCUT2D eigenvalue weighted by Crippen LogP contribution is 2.22. The minimum atomic E-state index is 0.0169. The van der Waals surface area contributed by atoms with Crippen LogP contribution >= 0.6 is 15.9 Å². The van der Waals surface area contributed by atoms with Gasteiger partial charge in [0.05, 0.1) is 5.52 Å². The van der Waals surface area contributed by atoms with E-state index in [9.17, 15) is 0 Å². The first-order valence-electron chi connectivity index (χ1n) is 5.54. The summed E-state index contributed by atoms with van der Waals surface area (Å²) in [6.07, 6.45) is 1.87. The van der Waals surface area contributed by atoms with Gasteiger partial charge in [-0.2, -0.15) is 0 Å². The fourth-order valence-corrected chi connectivity index (χ4v) is 1.83. The molecule has 1 heterocycles. The summed E-state index contributed by atoms with van der Waals surface area (Å²) in [6, 6.07) is 6.02. The third-order valence-electron chi connectivity index (χ3n) is 2.84. The summed E-state index contributed by atoms with van der Waals surface area (Å²) in [6.45, 7) is 6.42. The fraction of sp³-hybridized carbons (Fsp3) is 0.385. The molecule has 0 N–H and O–H groups in total. The van der Waals surface area contributed by atoms with Crippen LogP contribution in [0.2, 0.25) is 0 Å². The molecule has 0 spiro atoms. The molecule has 0 fully saturated rings. The molecule has 2 aromatic rings. The van der Waals surface area contributed by atoms with Crippen LogP contribution in [0.3, 0.4) is 0 Å². The van der Waals surface area contributed by atoms with Crippen molar-refractivity contribution >= 4 is 32.8 Å². The average molecular weight is 294 g/mol. The van der Waals surface area contributed by atoms with Crippen molar-refractivity contribution in [3.63, 3.8) is 0 Å². The van der Waals surface area contributed by atoms with E-state index in [1.54, 1.807) is 0 Å². The van der Waals surface area contributed by atoms with Crippen LogP contribution in [0, 0.1) is 0 Å². The van der Waals surface area contributed by atoms with Crippen molar-refractivity contribution in [2.24, 2.45) is 0 Å². The summed E-state index contributed by atoms with van der Waals surface area (Å²) < 4.78 is 1.05. The first-order valence-corrected chi connectivity index (χ1v) is 6.33. The maximum atomic E-state index is 4.58. The molecule has 0 aliphatic heterocycles. The lowest BCUT2D eigenvalue weighted by atomic mass is 10.1. The van der Waals surface area contributed by atoms with Crippen molar-refractivity contribution in [2.75, 3.05) is 11.9 Å². The van der Waals surface area contributed by atoms with Gasteiger partial charge in [-0.25, -0.2) is 9.97 Å².